The number of nitrogens with zero attached hydrogens (tertiary/aromatic N) is 1. The molecule has 2 N–H and O–H groups in total. The van der Waals surface area contributed by atoms with Gasteiger partial charge in [0.2, 0.25) is 5.95 Å². The SMILES string of the molecule is O=c1[nH]c(NCC2CC2)ncc1Cl. The van der Waals surface area contributed by atoms with E-state index >= 15 is 0 Å². The lowest BCUT2D eigenvalue weighted by atomic mass is 10.4. The van der Waals surface area contributed by atoms with Crippen LogP contribution in [-0.2, 0) is 0 Å². The lowest BCUT2D eigenvalue weighted by molar-refractivity contribution is 0.871. The van der Waals surface area contributed by atoms with E-state index in [1.165, 1.54) is 19.0 Å². The highest BCUT2D eigenvalue weighted by atomic mass is 35.5. The van der Waals surface area contributed by atoms with Gasteiger partial charge >= 0.3 is 0 Å². The van der Waals surface area contributed by atoms with Gasteiger partial charge in [0.1, 0.15) is 5.02 Å². The van der Waals surface area contributed by atoms with Crippen molar-refractivity contribution in [1.82, 2.24) is 9.97 Å². The first-order valence-electron chi connectivity index (χ1n) is 4.24. The Balaban J connectivity index is 2.03. The third-order valence-electron chi connectivity index (χ3n) is 2.01. The second-order valence-corrected chi connectivity index (χ2v) is 3.64. The molecular weight excluding hydrogens is 190 g/mol. The highest BCUT2D eigenvalue weighted by Gasteiger charge is 2.20. The number of rotatable bonds is 3. The Hall–Kier alpha value is -1.03. The van der Waals surface area contributed by atoms with E-state index in [4.69, 9.17) is 11.6 Å². The van der Waals surface area contributed by atoms with Crippen LogP contribution in [0.4, 0.5) is 5.95 Å². The fourth-order valence-electron chi connectivity index (χ4n) is 1.03. The van der Waals surface area contributed by atoms with Crippen molar-refractivity contribution in [2.75, 3.05) is 11.9 Å². The first-order valence-corrected chi connectivity index (χ1v) is 4.62. The molecule has 13 heavy (non-hydrogen) atoms. The normalized spacial score (nSPS) is 15.8. The van der Waals surface area contributed by atoms with Crippen LogP contribution in [0.3, 0.4) is 0 Å². The Kier molecular flexibility index (Phi) is 2.22. The summed E-state index contributed by atoms with van der Waals surface area (Å²) in [6, 6.07) is 0. The summed E-state index contributed by atoms with van der Waals surface area (Å²) in [7, 11) is 0. The van der Waals surface area contributed by atoms with Gasteiger partial charge in [0.25, 0.3) is 5.56 Å². The lowest BCUT2D eigenvalue weighted by Gasteiger charge is -2.02. The largest absolute Gasteiger partial charge is 0.355 e. The van der Waals surface area contributed by atoms with E-state index in [-0.39, 0.29) is 10.6 Å². The minimum absolute atomic E-state index is 0.122. The van der Waals surface area contributed by atoms with Gasteiger partial charge < -0.3 is 5.32 Å². The van der Waals surface area contributed by atoms with E-state index in [0.717, 1.165) is 12.5 Å². The van der Waals surface area contributed by atoms with Crippen molar-refractivity contribution < 1.29 is 0 Å². The maximum Gasteiger partial charge on any atom is 0.271 e. The second kappa shape index (κ2) is 3.38. The van der Waals surface area contributed by atoms with Gasteiger partial charge in [-0.05, 0) is 18.8 Å². The molecular formula is C8H10ClN3O. The molecule has 1 aromatic rings. The Morgan fingerprint density at radius 3 is 3.08 bits per heavy atom. The molecule has 0 unspecified atom stereocenters. The fourth-order valence-corrected chi connectivity index (χ4v) is 1.13. The number of aromatic amines is 1. The molecule has 0 atom stereocenters. The van der Waals surface area contributed by atoms with Crippen LogP contribution in [0.5, 0.6) is 0 Å². The molecule has 1 aliphatic carbocycles. The van der Waals surface area contributed by atoms with Gasteiger partial charge in [-0.2, -0.15) is 0 Å². The highest BCUT2D eigenvalue weighted by Crippen LogP contribution is 2.28. The molecule has 0 radical (unpaired) electrons. The van der Waals surface area contributed by atoms with Crippen molar-refractivity contribution in [1.29, 1.82) is 0 Å². The highest BCUT2D eigenvalue weighted by molar-refractivity contribution is 6.30. The molecule has 5 heteroatoms. The van der Waals surface area contributed by atoms with E-state index in [1.807, 2.05) is 0 Å². The van der Waals surface area contributed by atoms with Crippen LogP contribution in [0, 0.1) is 5.92 Å². The molecule has 0 aromatic carbocycles. The lowest BCUT2D eigenvalue weighted by Crippen LogP contribution is -2.14. The zero-order chi connectivity index (χ0) is 9.26. The standard InChI is InChI=1S/C8H10ClN3O/c9-6-4-11-8(12-7(6)13)10-3-5-1-2-5/h4-5H,1-3H2,(H2,10,11,12,13). The summed E-state index contributed by atoms with van der Waals surface area (Å²) < 4.78 is 0. The van der Waals surface area contributed by atoms with Gasteiger partial charge in [-0.3, -0.25) is 9.78 Å². The number of halogens is 1. The van der Waals surface area contributed by atoms with Crippen LogP contribution in [0.1, 0.15) is 12.8 Å². The van der Waals surface area contributed by atoms with Crippen LogP contribution in [0.2, 0.25) is 5.02 Å². The van der Waals surface area contributed by atoms with Gasteiger partial charge in [0.15, 0.2) is 0 Å². The van der Waals surface area contributed by atoms with Gasteiger partial charge in [-0.1, -0.05) is 11.6 Å². The van der Waals surface area contributed by atoms with E-state index in [9.17, 15) is 4.79 Å². The fraction of sp³-hybridized carbons (Fsp3) is 0.500. The monoisotopic (exact) mass is 199 g/mol. The molecule has 0 amide bonds. The van der Waals surface area contributed by atoms with Crippen LogP contribution >= 0.6 is 11.6 Å². The topological polar surface area (TPSA) is 57.8 Å². The third-order valence-corrected chi connectivity index (χ3v) is 2.28. The molecule has 4 nitrogen and oxygen atoms in total. The van der Waals surface area contributed by atoms with Crippen molar-refractivity contribution in [3.8, 4) is 0 Å². The minimum Gasteiger partial charge on any atom is -0.355 e. The molecule has 1 aliphatic rings. The van der Waals surface area contributed by atoms with Crippen molar-refractivity contribution in [3.63, 3.8) is 0 Å². The number of H-pyrrole nitrogens is 1. The first kappa shape index (κ1) is 8.56. The van der Waals surface area contributed by atoms with Gasteiger partial charge in [-0.25, -0.2) is 4.98 Å². The van der Waals surface area contributed by atoms with Crippen molar-refractivity contribution >= 4 is 17.5 Å². The average molecular weight is 200 g/mol. The van der Waals surface area contributed by atoms with Crippen LogP contribution in [-0.4, -0.2) is 16.5 Å². The minimum atomic E-state index is -0.296. The maximum absolute atomic E-state index is 11.0. The van der Waals surface area contributed by atoms with E-state index < -0.39 is 0 Å². The van der Waals surface area contributed by atoms with Gasteiger partial charge in [-0.15, -0.1) is 0 Å². The molecule has 2 rings (SSSR count). The van der Waals surface area contributed by atoms with Gasteiger partial charge in [0.05, 0.1) is 6.20 Å². The van der Waals surface area contributed by atoms with Crippen LogP contribution in [0.25, 0.3) is 0 Å². The average Bonchev–Trinajstić information content (AvgIpc) is 2.91. The first-order chi connectivity index (χ1) is 6.25. The molecule has 1 saturated carbocycles. The molecule has 0 spiro atoms. The number of hydrogen-bond donors (Lipinski definition) is 2. The van der Waals surface area contributed by atoms with Crippen LogP contribution < -0.4 is 10.9 Å². The summed E-state index contributed by atoms with van der Waals surface area (Å²) in [6.45, 7) is 0.880. The number of nitrogens with one attached hydrogen (secondary N) is 2. The molecule has 0 saturated heterocycles. The number of hydrogen-bond acceptors (Lipinski definition) is 3. The van der Waals surface area contributed by atoms with Crippen LogP contribution in [0.15, 0.2) is 11.0 Å². The summed E-state index contributed by atoms with van der Waals surface area (Å²) in [6.07, 6.45) is 3.89. The van der Waals surface area contributed by atoms with Crippen molar-refractivity contribution in [2.24, 2.45) is 5.92 Å². The van der Waals surface area contributed by atoms with Crippen molar-refractivity contribution in [3.05, 3.63) is 21.6 Å². The Morgan fingerprint density at radius 1 is 1.69 bits per heavy atom. The zero-order valence-electron chi connectivity index (χ0n) is 7.01. The Morgan fingerprint density at radius 2 is 2.46 bits per heavy atom. The Labute approximate surface area is 80.3 Å². The summed E-state index contributed by atoms with van der Waals surface area (Å²) in [5.41, 5.74) is -0.296. The summed E-state index contributed by atoms with van der Waals surface area (Å²) in [4.78, 5) is 17.5. The molecule has 0 aliphatic heterocycles. The molecule has 1 fully saturated rings. The van der Waals surface area contributed by atoms with Crippen molar-refractivity contribution in [2.45, 2.75) is 12.8 Å². The van der Waals surface area contributed by atoms with Gasteiger partial charge in [0, 0.05) is 6.54 Å². The quantitative estimate of drug-likeness (QED) is 0.770. The molecule has 1 aromatic heterocycles. The van der Waals surface area contributed by atoms with E-state index in [1.54, 1.807) is 0 Å². The predicted molar refractivity (Wildman–Crippen MR) is 51.1 cm³/mol. The smallest absolute Gasteiger partial charge is 0.271 e. The molecule has 0 bridgehead atoms. The molecule has 1 heterocycles. The molecule has 70 valence electrons. The summed E-state index contributed by atoms with van der Waals surface area (Å²) >= 11 is 5.52. The number of anilines is 1. The third kappa shape index (κ3) is 2.21. The Bertz CT molecular complexity index is 359. The van der Waals surface area contributed by atoms with E-state index in [2.05, 4.69) is 15.3 Å². The summed E-state index contributed by atoms with van der Waals surface area (Å²) in [5.74, 6) is 1.25. The number of aromatic nitrogens is 2. The maximum atomic E-state index is 11.0. The second-order valence-electron chi connectivity index (χ2n) is 3.23. The summed E-state index contributed by atoms with van der Waals surface area (Å²) in [5, 5.41) is 3.17. The van der Waals surface area contributed by atoms with E-state index in [0.29, 0.717) is 5.95 Å². The zero-order valence-corrected chi connectivity index (χ0v) is 7.77. The predicted octanol–water partition coefficient (Wildman–Crippen LogP) is 1.25.